The van der Waals surface area contributed by atoms with Crippen LogP contribution in [-0.4, -0.2) is 58.0 Å². The Morgan fingerprint density at radius 2 is 1.93 bits per heavy atom. The zero-order valence-corrected chi connectivity index (χ0v) is 17.3. The molecule has 0 fully saturated rings. The number of hydrogen-bond donors (Lipinski definition) is 2. The largest absolute Gasteiger partial charge is 0.368 e. The van der Waals surface area contributed by atoms with Gasteiger partial charge in [-0.2, -0.15) is 0 Å². The van der Waals surface area contributed by atoms with Gasteiger partial charge in [-0.3, -0.25) is 14.7 Å². The molecule has 2 aromatic heterocycles. The van der Waals surface area contributed by atoms with E-state index in [2.05, 4.69) is 46.4 Å². The molecule has 1 amide bonds. The third-order valence-corrected chi connectivity index (χ3v) is 4.59. The Morgan fingerprint density at radius 1 is 1.22 bits per heavy atom. The van der Waals surface area contributed by atoms with Crippen LogP contribution >= 0.6 is 0 Å². The maximum atomic E-state index is 12.8. The van der Waals surface area contributed by atoms with E-state index in [0.29, 0.717) is 18.1 Å². The van der Waals surface area contributed by atoms with Crippen LogP contribution in [-0.2, 0) is 4.79 Å². The van der Waals surface area contributed by atoms with E-state index >= 15 is 0 Å². The van der Waals surface area contributed by atoms with Crippen molar-refractivity contribution in [3.63, 3.8) is 0 Å². The summed E-state index contributed by atoms with van der Waals surface area (Å²) in [5.74, 6) is 1.24. The van der Waals surface area contributed by atoms with Crippen molar-refractivity contribution in [3.05, 3.63) is 24.5 Å². The van der Waals surface area contributed by atoms with Gasteiger partial charge in [-0.25, -0.2) is 9.97 Å². The summed E-state index contributed by atoms with van der Waals surface area (Å²) in [5.41, 5.74) is 0.988. The van der Waals surface area contributed by atoms with Crippen LogP contribution in [0, 0.1) is 5.92 Å². The Kier molecular flexibility index (Phi) is 7.07. The van der Waals surface area contributed by atoms with Gasteiger partial charge in [0.05, 0.1) is 11.6 Å². The fourth-order valence-electron chi connectivity index (χ4n) is 3.47. The molecule has 0 bridgehead atoms. The number of amides is 1. The molecule has 0 radical (unpaired) electrons. The average Bonchev–Trinajstić information content (AvgIpc) is 2.59. The van der Waals surface area contributed by atoms with E-state index in [1.165, 1.54) is 0 Å². The Bertz CT molecular complexity index is 763. The van der Waals surface area contributed by atoms with E-state index in [1.54, 1.807) is 12.4 Å². The van der Waals surface area contributed by atoms with Crippen molar-refractivity contribution in [3.8, 4) is 0 Å². The number of aromatic nitrogens is 3. The SMILES string of the molecule is CC[C@@H](C(=O)NC(C)(CNc1ccc2nccnc2n1)CC(C)C)N(C)C. The van der Waals surface area contributed by atoms with Gasteiger partial charge in [-0.15, -0.1) is 0 Å². The standard InChI is InChI=1S/C20H32N6O/c1-7-16(26(5)6)19(27)25-20(4,12-14(2)3)13-23-17-9-8-15-18(24-17)22-11-10-21-15/h8-11,14,16H,7,12-13H2,1-6H3,(H,25,27)(H,22,23,24)/t16-,20?/m0/s1. The number of rotatable bonds is 9. The predicted molar refractivity (Wildman–Crippen MR) is 110 cm³/mol. The molecule has 148 valence electrons. The van der Waals surface area contributed by atoms with E-state index in [1.807, 2.05) is 38.1 Å². The molecule has 0 aliphatic heterocycles. The van der Waals surface area contributed by atoms with Crippen LogP contribution in [0.15, 0.2) is 24.5 Å². The molecule has 0 aliphatic carbocycles. The number of nitrogens with one attached hydrogen (secondary N) is 2. The first-order chi connectivity index (χ1) is 12.7. The number of likely N-dealkylation sites (N-methyl/N-ethyl adjacent to an activating group) is 1. The molecule has 0 saturated carbocycles. The van der Waals surface area contributed by atoms with Crippen molar-refractivity contribution in [2.24, 2.45) is 5.92 Å². The lowest BCUT2D eigenvalue weighted by Crippen LogP contribution is -2.56. The zero-order chi connectivity index (χ0) is 20.0. The minimum absolute atomic E-state index is 0.0600. The van der Waals surface area contributed by atoms with Crippen molar-refractivity contribution >= 4 is 22.9 Å². The second kappa shape index (κ2) is 9.08. The Labute approximate surface area is 162 Å². The van der Waals surface area contributed by atoms with E-state index in [4.69, 9.17) is 0 Å². The summed E-state index contributed by atoms with van der Waals surface area (Å²) < 4.78 is 0. The zero-order valence-electron chi connectivity index (χ0n) is 17.3. The highest BCUT2D eigenvalue weighted by Gasteiger charge is 2.30. The quantitative estimate of drug-likeness (QED) is 0.704. The number of carbonyl (C=O) groups excluding carboxylic acids is 1. The predicted octanol–water partition coefficient (Wildman–Crippen LogP) is 2.70. The van der Waals surface area contributed by atoms with Crippen molar-refractivity contribution < 1.29 is 4.79 Å². The summed E-state index contributed by atoms with van der Waals surface area (Å²) in [7, 11) is 3.87. The number of hydrogen-bond acceptors (Lipinski definition) is 6. The molecule has 7 heteroatoms. The topological polar surface area (TPSA) is 83.0 Å². The molecule has 27 heavy (non-hydrogen) atoms. The van der Waals surface area contributed by atoms with Crippen LogP contribution in [0.25, 0.3) is 11.2 Å². The smallest absolute Gasteiger partial charge is 0.237 e. The summed E-state index contributed by atoms with van der Waals surface area (Å²) in [4.78, 5) is 27.7. The lowest BCUT2D eigenvalue weighted by atomic mass is 9.90. The number of pyridine rings is 1. The summed E-state index contributed by atoms with van der Waals surface area (Å²) in [5, 5.41) is 6.63. The molecule has 0 aliphatic rings. The summed E-state index contributed by atoms with van der Waals surface area (Å²) >= 11 is 0. The van der Waals surface area contributed by atoms with E-state index in [0.717, 1.165) is 24.2 Å². The van der Waals surface area contributed by atoms with Gasteiger partial charge in [-0.1, -0.05) is 20.8 Å². The van der Waals surface area contributed by atoms with Gasteiger partial charge in [0.25, 0.3) is 0 Å². The first kappa shape index (κ1) is 21.0. The Morgan fingerprint density at radius 3 is 2.56 bits per heavy atom. The van der Waals surface area contributed by atoms with Crippen LogP contribution in [0.3, 0.4) is 0 Å². The van der Waals surface area contributed by atoms with Crippen LogP contribution < -0.4 is 10.6 Å². The third-order valence-electron chi connectivity index (χ3n) is 4.59. The first-order valence-electron chi connectivity index (χ1n) is 9.54. The molecule has 2 atom stereocenters. The van der Waals surface area contributed by atoms with Crippen molar-refractivity contribution in [2.75, 3.05) is 26.0 Å². The van der Waals surface area contributed by atoms with Crippen LogP contribution in [0.4, 0.5) is 5.82 Å². The van der Waals surface area contributed by atoms with Crippen LogP contribution in [0.2, 0.25) is 0 Å². The molecule has 2 rings (SSSR count). The summed E-state index contributed by atoms with van der Waals surface area (Å²) in [6, 6.07) is 3.66. The molecule has 1 unspecified atom stereocenters. The number of anilines is 1. The van der Waals surface area contributed by atoms with Gasteiger partial charge in [0.1, 0.15) is 11.3 Å². The van der Waals surface area contributed by atoms with Gasteiger partial charge in [0.15, 0.2) is 5.65 Å². The fourth-order valence-corrected chi connectivity index (χ4v) is 3.47. The molecule has 2 aromatic rings. The highest BCUT2D eigenvalue weighted by atomic mass is 16.2. The van der Waals surface area contributed by atoms with Crippen molar-refractivity contribution in [1.82, 2.24) is 25.2 Å². The summed E-state index contributed by atoms with van der Waals surface area (Å²) in [6.45, 7) is 9.03. The molecule has 0 saturated heterocycles. The normalized spacial score (nSPS) is 15.0. The van der Waals surface area contributed by atoms with Gasteiger partial charge in [0, 0.05) is 18.9 Å². The minimum Gasteiger partial charge on any atom is -0.368 e. The average molecular weight is 373 g/mol. The molecule has 0 aromatic carbocycles. The summed E-state index contributed by atoms with van der Waals surface area (Å²) in [6.07, 6.45) is 4.92. The molecular formula is C20H32N6O. The number of carbonyl (C=O) groups is 1. The van der Waals surface area contributed by atoms with E-state index < -0.39 is 0 Å². The van der Waals surface area contributed by atoms with Gasteiger partial charge < -0.3 is 10.6 Å². The van der Waals surface area contributed by atoms with Gasteiger partial charge >= 0.3 is 0 Å². The van der Waals surface area contributed by atoms with Crippen LogP contribution in [0.1, 0.15) is 40.5 Å². The third kappa shape index (κ3) is 5.85. The second-order valence-electron chi connectivity index (χ2n) is 7.98. The Hall–Kier alpha value is -2.28. The number of nitrogens with zero attached hydrogens (tertiary/aromatic N) is 4. The maximum Gasteiger partial charge on any atom is 0.237 e. The molecule has 7 nitrogen and oxygen atoms in total. The fraction of sp³-hybridized carbons (Fsp3) is 0.600. The molecule has 2 N–H and O–H groups in total. The van der Waals surface area contributed by atoms with Crippen LogP contribution in [0.5, 0.6) is 0 Å². The lowest BCUT2D eigenvalue weighted by molar-refractivity contribution is -0.127. The van der Waals surface area contributed by atoms with E-state index in [-0.39, 0.29) is 17.5 Å². The van der Waals surface area contributed by atoms with Gasteiger partial charge in [-0.05, 0) is 51.9 Å². The molecule has 0 spiro atoms. The Balaban J connectivity index is 2.12. The minimum atomic E-state index is -0.381. The molecular weight excluding hydrogens is 340 g/mol. The first-order valence-corrected chi connectivity index (χ1v) is 9.54. The molecule has 2 heterocycles. The monoisotopic (exact) mass is 372 g/mol. The van der Waals surface area contributed by atoms with Gasteiger partial charge in [0.2, 0.25) is 5.91 Å². The highest BCUT2D eigenvalue weighted by Crippen LogP contribution is 2.19. The maximum absolute atomic E-state index is 12.8. The van der Waals surface area contributed by atoms with Crippen molar-refractivity contribution in [1.29, 1.82) is 0 Å². The lowest BCUT2D eigenvalue weighted by Gasteiger charge is -2.35. The van der Waals surface area contributed by atoms with E-state index in [9.17, 15) is 4.79 Å². The number of fused-ring (bicyclic) bond motifs is 1. The highest BCUT2D eigenvalue weighted by molar-refractivity contribution is 5.82. The second-order valence-corrected chi connectivity index (χ2v) is 7.98. The van der Waals surface area contributed by atoms with Crippen molar-refractivity contribution in [2.45, 2.75) is 52.1 Å².